The maximum Gasteiger partial charge on any atom is 0.257 e. The van der Waals surface area contributed by atoms with E-state index >= 15 is 0 Å². The van der Waals surface area contributed by atoms with Crippen LogP contribution in [0.3, 0.4) is 0 Å². The van der Waals surface area contributed by atoms with E-state index in [0.29, 0.717) is 62.0 Å². The monoisotopic (exact) mass is 446 g/mol. The van der Waals surface area contributed by atoms with Crippen molar-refractivity contribution >= 4 is 5.91 Å². The van der Waals surface area contributed by atoms with E-state index in [9.17, 15) is 4.79 Å². The van der Waals surface area contributed by atoms with E-state index < -0.39 is 0 Å². The number of hydrogen-bond donors (Lipinski definition) is 0. The summed E-state index contributed by atoms with van der Waals surface area (Å²) in [4.78, 5) is 18.9. The van der Waals surface area contributed by atoms with Crippen LogP contribution in [-0.4, -0.2) is 47.3 Å². The van der Waals surface area contributed by atoms with E-state index in [4.69, 9.17) is 19.3 Å². The molecule has 1 fully saturated rings. The molecule has 170 valence electrons. The highest BCUT2D eigenvalue weighted by atomic mass is 16.5. The van der Waals surface area contributed by atoms with Crippen molar-refractivity contribution in [2.45, 2.75) is 32.6 Å². The van der Waals surface area contributed by atoms with Gasteiger partial charge in [-0.15, -0.1) is 0 Å². The molecule has 1 aliphatic heterocycles. The molecular formula is C25H26N4O4. The molecule has 2 aromatic carbocycles. The second kappa shape index (κ2) is 10.2. The van der Waals surface area contributed by atoms with E-state index in [1.54, 1.807) is 18.2 Å². The molecule has 3 aromatic rings. The van der Waals surface area contributed by atoms with Gasteiger partial charge in [0.2, 0.25) is 5.91 Å². The van der Waals surface area contributed by atoms with Crippen molar-refractivity contribution < 1.29 is 18.8 Å². The minimum Gasteiger partial charge on any atom is -0.490 e. The van der Waals surface area contributed by atoms with Crippen LogP contribution in [0, 0.1) is 11.3 Å². The summed E-state index contributed by atoms with van der Waals surface area (Å²) in [6.07, 6.45) is 1.06. The van der Waals surface area contributed by atoms with Crippen LogP contribution < -0.4 is 9.47 Å². The zero-order valence-corrected chi connectivity index (χ0v) is 18.8. The predicted molar refractivity (Wildman–Crippen MR) is 121 cm³/mol. The molecule has 0 aliphatic carbocycles. The van der Waals surface area contributed by atoms with Gasteiger partial charge in [0.1, 0.15) is 0 Å². The van der Waals surface area contributed by atoms with E-state index in [2.05, 4.69) is 16.2 Å². The van der Waals surface area contributed by atoms with Crippen molar-refractivity contribution in [2.75, 3.05) is 26.3 Å². The van der Waals surface area contributed by atoms with Gasteiger partial charge in [-0.25, -0.2) is 0 Å². The Bertz CT molecular complexity index is 1170. The number of nitrogens with zero attached hydrogens (tertiary/aromatic N) is 4. The van der Waals surface area contributed by atoms with Gasteiger partial charge in [0.25, 0.3) is 5.89 Å². The van der Waals surface area contributed by atoms with E-state index in [1.165, 1.54) is 0 Å². The number of amides is 1. The Morgan fingerprint density at radius 2 is 1.97 bits per heavy atom. The number of carbonyl (C=O) groups is 1. The Hall–Kier alpha value is -3.86. The van der Waals surface area contributed by atoms with Crippen molar-refractivity contribution in [3.05, 3.63) is 59.4 Å². The summed E-state index contributed by atoms with van der Waals surface area (Å²) in [5, 5.41) is 13.2. The Kier molecular flexibility index (Phi) is 6.89. The summed E-state index contributed by atoms with van der Waals surface area (Å²) < 4.78 is 16.7. The van der Waals surface area contributed by atoms with E-state index in [0.717, 1.165) is 17.1 Å². The zero-order valence-electron chi connectivity index (χ0n) is 18.8. The fourth-order valence-corrected chi connectivity index (χ4v) is 3.92. The number of carbonyl (C=O) groups excluding carboxylic acids is 1. The molecule has 8 heteroatoms. The van der Waals surface area contributed by atoms with Gasteiger partial charge < -0.3 is 18.9 Å². The fourth-order valence-electron chi connectivity index (χ4n) is 3.92. The minimum absolute atomic E-state index is 0.0776. The molecule has 1 atom stereocenters. The molecule has 2 heterocycles. The largest absolute Gasteiger partial charge is 0.490 e. The van der Waals surface area contributed by atoms with Gasteiger partial charge in [0.15, 0.2) is 17.3 Å². The highest BCUT2D eigenvalue weighted by molar-refractivity contribution is 5.79. The molecule has 1 amide bonds. The van der Waals surface area contributed by atoms with E-state index in [1.807, 2.05) is 43.0 Å². The number of ether oxygens (including phenoxy) is 2. The first kappa shape index (κ1) is 22.3. The standard InChI is InChI=1S/C25H26N4O4/c1-3-31-21-9-8-17(13-22(21)32-4-2)10-11-29-16-20(14-23(29)30)24-27-25(33-28-24)19-7-5-6-18(12-19)15-26/h5-9,12-13,20H,3-4,10-11,14,16H2,1-2H3. The van der Waals surface area contributed by atoms with Crippen LogP contribution in [0.15, 0.2) is 47.0 Å². The van der Waals surface area contributed by atoms with Crippen molar-refractivity contribution in [3.63, 3.8) is 0 Å². The normalized spacial score (nSPS) is 15.5. The number of rotatable bonds is 9. The molecular weight excluding hydrogens is 420 g/mol. The highest BCUT2D eigenvalue weighted by Gasteiger charge is 2.33. The second-order valence-electron chi connectivity index (χ2n) is 7.79. The van der Waals surface area contributed by atoms with E-state index in [-0.39, 0.29) is 11.8 Å². The summed E-state index contributed by atoms with van der Waals surface area (Å²) in [6.45, 7) is 6.16. The molecule has 0 radical (unpaired) electrons. The van der Waals surface area contributed by atoms with Crippen LogP contribution in [0.1, 0.15) is 43.1 Å². The van der Waals surface area contributed by atoms with Crippen LogP contribution >= 0.6 is 0 Å². The Morgan fingerprint density at radius 3 is 2.76 bits per heavy atom. The lowest BCUT2D eigenvalue weighted by molar-refractivity contribution is -0.127. The molecule has 1 aliphatic rings. The number of nitriles is 1. The molecule has 1 aromatic heterocycles. The molecule has 1 unspecified atom stereocenters. The Balaban J connectivity index is 1.40. The Labute approximate surface area is 192 Å². The van der Waals surface area contributed by atoms with Crippen molar-refractivity contribution in [3.8, 4) is 29.0 Å². The lowest BCUT2D eigenvalue weighted by Crippen LogP contribution is -2.27. The van der Waals surface area contributed by atoms with Gasteiger partial charge in [0, 0.05) is 31.0 Å². The quantitative estimate of drug-likeness (QED) is 0.490. The van der Waals surface area contributed by atoms with Crippen molar-refractivity contribution in [1.82, 2.24) is 15.0 Å². The molecule has 1 saturated heterocycles. The highest BCUT2D eigenvalue weighted by Crippen LogP contribution is 2.31. The molecule has 4 rings (SSSR count). The van der Waals surface area contributed by atoms with Gasteiger partial charge in [-0.1, -0.05) is 17.3 Å². The average molecular weight is 447 g/mol. The number of benzene rings is 2. The summed E-state index contributed by atoms with van der Waals surface area (Å²) in [6, 6.07) is 15.0. The molecule has 33 heavy (non-hydrogen) atoms. The zero-order chi connectivity index (χ0) is 23.2. The molecule has 0 spiro atoms. The topological polar surface area (TPSA) is 101 Å². The molecule has 0 N–H and O–H groups in total. The van der Waals surface area contributed by atoms with Crippen LogP contribution in [0.4, 0.5) is 0 Å². The number of hydrogen-bond acceptors (Lipinski definition) is 7. The van der Waals surface area contributed by atoms with Gasteiger partial charge in [-0.05, 0) is 56.2 Å². The molecule has 0 bridgehead atoms. The summed E-state index contributed by atoms with van der Waals surface area (Å²) in [5.41, 5.74) is 2.29. The third-order valence-electron chi connectivity index (χ3n) is 5.54. The first-order valence-electron chi connectivity index (χ1n) is 11.1. The van der Waals surface area contributed by atoms with Crippen molar-refractivity contribution in [2.24, 2.45) is 0 Å². The Morgan fingerprint density at radius 1 is 1.15 bits per heavy atom. The van der Waals surface area contributed by atoms with Gasteiger partial charge in [0.05, 0.1) is 24.8 Å². The molecule has 8 nitrogen and oxygen atoms in total. The lowest BCUT2D eigenvalue weighted by Gasteiger charge is -2.17. The van der Waals surface area contributed by atoms with Gasteiger partial charge in [-0.2, -0.15) is 10.2 Å². The fraction of sp³-hybridized carbons (Fsp3) is 0.360. The first-order valence-corrected chi connectivity index (χ1v) is 11.1. The second-order valence-corrected chi connectivity index (χ2v) is 7.79. The van der Waals surface area contributed by atoms with Gasteiger partial charge in [-0.3, -0.25) is 4.79 Å². The minimum atomic E-state index is -0.117. The van der Waals surface area contributed by atoms with Crippen LogP contribution in [0.2, 0.25) is 0 Å². The van der Waals surface area contributed by atoms with Crippen molar-refractivity contribution in [1.29, 1.82) is 5.26 Å². The van der Waals surface area contributed by atoms with Crippen LogP contribution in [0.5, 0.6) is 11.5 Å². The SMILES string of the molecule is CCOc1ccc(CCN2CC(c3noc(-c4cccc(C#N)c4)n3)CC2=O)cc1OCC. The maximum atomic E-state index is 12.6. The van der Waals surface area contributed by atoms with Crippen LogP contribution in [-0.2, 0) is 11.2 Å². The first-order chi connectivity index (χ1) is 16.1. The summed E-state index contributed by atoms with van der Waals surface area (Å²) in [5.74, 6) is 2.28. The lowest BCUT2D eigenvalue weighted by atomic mass is 10.1. The smallest absolute Gasteiger partial charge is 0.257 e. The van der Waals surface area contributed by atoms with Crippen LogP contribution in [0.25, 0.3) is 11.5 Å². The average Bonchev–Trinajstić information content (AvgIpc) is 3.46. The summed E-state index contributed by atoms with van der Waals surface area (Å²) >= 11 is 0. The van der Waals surface area contributed by atoms with Gasteiger partial charge >= 0.3 is 0 Å². The maximum absolute atomic E-state index is 12.6. The summed E-state index contributed by atoms with van der Waals surface area (Å²) in [7, 11) is 0. The molecule has 0 saturated carbocycles. The third-order valence-corrected chi connectivity index (χ3v) is 5.54. The predicted octanol–water partition coefficient (Wildman–Crippen LogP) is 3.96. The third kappa shape index (κ3) is 5.14. The number of aromatic nitrogens is 2. The number of likely N-dealkylation sites (tertiary alicyclic amines) is 1.